The van der Waals surface area contributed by atoms with Crippen molar-refractivity contribution in [1.82, 2.24) is 0 Å². The minimum atomic E-state index is -0.988. The number of allylic oxidation sites excluding steroid dienone is 1. The fourth-order valence-electron chi connectivity index (χ4n) is 2.69. The maximum atomic E-state index is 11.6. The largest absolute Gasteiger partial charge is 0.512 e. The number of hydrogen-bond donors (Lipinski definition) is 1. The third-order valence-corrected chi connectivity index (χ3v) is 7.08. The first-order valence-electron chi connectivity index (χ1n) is 7.62. The highest BCUT2D eigenvalue weighted by molar-refractivity contribution is 6.59. The van der Waals surface area contributed by atoms with Gasteiger partial charge in [0.2, 0.25) is 0 Å². The van der Waals surface area contributed by atoms with Gasteiger partial charge in [-0.3, -0.25) is 0 Å². The van der Waals surface area contributed by atoms with Gasteiger partial charge in [0, 0.05) is 13.0 Å². The molecule has 0 amide bonds. The summed E-state index contributed by atoms with van der Waals surface area (Å²) in [6.07, 6.45) is 4.72. The zero-order valence-electron chi connectivity index (χ0n) is 13.2. The number of ether oxygens (including phenoxy) is 2. The topological polar surface area (TPSA) is 55.8 Å². The zero-order valence-corrected chi connectivity index (χ0v) is 14.4. The molecule has 0 spiro atoms. The number of rotatable bonds is 6. The summed E-state index contributed by atoms with van der Waals surface area (Å²) in [6.45, 7) is 9.13. The van der Waals surface area contributed by atoms with E-state index in [1.165, 1.54) is 6.42 Å². The van der Waals surface area contributed by atoms with E-state index in [-0.39, 0.29) is 11.0 Å². The normalized spacial score (nSPS) is 24.4. The molecule has 0 aromatic heterocycles. The van der Waals surface area contributed by atoms with Crippen LogP contribution in [0, 0.1) is 0 Å². The van der Waals surface area contributed by atoms with Gasteiger partial charge >= 0.3 is 5.97 Å². The molecule has 5 heteroatoms. The highest BCUT2D eigenvalue weighted by Crippen LogP contribution is 2.33. The van der Waals surface area contributed by atoms with Crippen molar-refractivity contribution in [1.29, 1.82) is 0 Å². The number of esters is 1. The van der Waals surface area contributed by atoms with Gasteiger partial charge in [-0.15, -0.1) is 0 Å². The van der Waals surface area contributed by atoms with E-state index < -0.39 is 14.8 Å². The lowest BCUT2D eigenvalue weighted by Crippen LogP contribution is -2.47. The third-order valence-electron chi connectivity index (χ3n) is 4.24. The lowest BCUT2D eigenvalue weighted by molar-refractivity contribution is -0.138. The Morgan fingerprint density at radius 3 is 2.60 bits per heavy atom. The number of aliphatic hydroxyl groups excluding tert-OH is 1. The average Bonchev–Trinajstić information content (AvgIpc) is 2.45. The number of aliphatic hydroxyl groups is 1. The molecule has 1 N–H and O–H groups in total. The SMILES string of the molecule is CCOC(=O)C(C)=C(O)CCC1([SiH](C)C)CCCCO1. The molecule has 1 rings (SSSR count). The first-order chi connectivity index (χ1) is 9.43. The molecular formula is C15H28O4Si. The molecule has 1 aliphatic heterocycles. The van der Waals surface area contributed by atoms with Crippen molar-refractivity contribution in [2.24, 2.45) is 0 Å². The Bertz CT molecular complexity index is 357. The smallest absolute Gasteiger partial charge is 0.337 e. The molecule has 116 valence electrons. The molecule has 4 nitrogen and oxygen atoms in total. The van der Waals surface area contributed by atoms with Crippen molar-refractivity contribution in [3.8, 4) is 0 Å². The van der Waals surface area contributed by atoms with E-state index in [1.807, 2.05) is 0 Å². The molecule has 1 saturated heterocycles. The van der Waals surface area contributed by atoms with Crippen LogP contribution < -0.4 is 0 Å². The van der Waals surface area contributed by atoms with Crippen LogP contribution >= 0.6 is 0 Å². The second kappa shape index (κ2) is 7.83. The molecule has 1 heterocycles. The average molecular weight is 300 g/mol. The van der Waals surface area contributed by atoms with E-state index in [2.05, 4.69) is 13.1 Å². The zero-order chi connectivity index (χ0) is 15.2. The van der Waals surface area contributed by atoms with Crippen molar-refractivity contribution in [2.45, 2.75) is 64.3 Å². The van der Waals surface area contributed by atoms with Crippen molar-refractivity contribution >= 4 is 14.8 Å². The quantitative estimate of drug-likeness (QED) is 0.354. The minimum absolute atomic E-state index is 0.0266. The molecule has 1 atom stereocenters. The summed E-state index contributed by atoms with van der Waals surface area (Å²) in [7, 11) is -0.988. The van der Waals surface area contributed by atoms with Gasteiger partial charge in [0.25, 0.3) is 0 Å². The molecule has 1 aliphatic rings. The maximum Gasteiger partial charge on any atom is 0.337 e. The van der Waals surface area contributed by atoms with E-state index in [4.69, 9.17) is 9.47 Å². The summed E-state index contributed by atoms with van der Waals surface area (Å²) >= 11 is 0. The van der Waals surface area contributed by atoms with Crippen molar-refractivity contribution < 1.29 is 19.4 Å². The van der Waals surface area contributed by atoms with Crippen molar-refractivity contribution in [3.05, 3.63) is 11.3 Å². The van der Waals surface area contributed by atoms with Gasteiger partial charge in [-0.25, -0.2) is 4.79 Å². The van der Waals surface area contributed by atoms with Gasteiger partial charge < -0.3 is 14.6 Å². The van der Waals surface area contributed by atoms with E-state index in [1.54, 1.807) is 13.8 Å². The Balaban J connectivity index is 2.67. The number of carbonyl (C=O) groups is 1. The van der Waals surface area contributed by atoms with Crippen LogP contribution in [0.2, 0.25) is 13.1 Å². The van der Waals surface area contributed by atoms with Crippen molar-refractivity contribution in [2.75, 3.05) is 13.2 Å². The van der Waals surface area contributed by atoms with Crippen LogP contribution in [0.5, 0.6) is 0 Å². The van der Waals surface area contributed by atoms with Gasteiger partial charge in [-0.05, 0) is 39.5 Å². The van der Waals surface area contributed by atoms with Crippen LogP contribution in [-0.2, 0) is 14.3 Å². The molecule has 1 unspecified atom stereocenters. The minimum Gasteiger partial charge on any atom is -0.512 e. The number of carbonyl (C=O) groups excluding carboxylic acids is 1. The molecule has 20 heavy (non-hydrogen) atoms. The molecule has 0 bridgehead atoms. The molecule has 0 aromatic rings. The van der Waals surface area contributed by atoms with Crippen LogP contribution in [0.15, 0.2) is 11.3 Å². The Labute approximate surface area is 123 Å². The van der Waals surface area contributed by atoms with Gasteiger partial charge in [-0.1, -0.05) is 13.1 Å². The third kappa shape index (κ3) is 4.35. The van der Waals surface area contributed by atoms with E-state index in [9.17, 15) is 9.90 Å². The monoisotopic (exact) mass is 300 g/mol. The molecule has 0 aromatic carbocycles. The lowest BCUT2D eigenvalue weighted by atomic mass is 10.0. The molecule has 0 aliphatic carbocycles. The molecular weight excluding hydrogens is 272 g/mol. The van der Waals surface area contributed by atoms with Crippen LogP contribution in [0.1, 0.15) is 46.0 Å². The number of hydrogen-bond acceptors (Lipinski definition) is 4. The summed E-state index contributed by atoms with van der Waals surface area (Å²) < 4.78 is 11.0. The Kier molecular flexibility index (Phi) is 6.75. The molecule has 0 radical (unpaired) electrons. The fraction of sp³-hybridized carbons (Fsp3) is 0.800. The second-order valence-electron chi connectivity index (χ2n) is 5.82. The summed E-state index contributed by atoms with van der Waals surface area (Å²) in [6, 6.07) is 0. The summed E-state index contributed by atoms with van der Waals surface area (Å²) in [4.78, 5) is 11.6. The van der Waals surface area contributed by atoms with Crippen LogP contribution in [0.3, 0.4) is 0 Å². The summed E-state index contributed by atoms with van der Waals surface area (Å²) in [5, 5.41) is 10.1. The van der Waals surface area contributed by atoms with Crippen LogP contribution in [0.4, 0.5) is 0 Å². The predicted molar refractivity (Wildman–Crippen MR) is 82.6 cm³/mol. The van der Waals surface area contributed by atoms with Crippen LogP contribution in [-0.4, -0.2) is 38.3 Å². The maximum absolute atomic E-state index is 11.6. The van der Waals surface area contributed by atoms with Gasteiger partial charge in [-0.2, -0.15) is 0 Å². The van der Waals surface area contributed by atoms with Gasteiger partial charge in [0.1, 0.15) is 5.76 Å². The second-order valence-corrected chi connectivity index (χ2v) is 9.18. The standard InChI is InChI=1S/C15H28O4Si/c1-5-18-14(17)12(2)13(16)8-10-15(20(3)4)9-6-7-11-19-15/h16,20H,5-11H2,1-4H3. The van der Waals surface area contributed by atoms with Crippen LogP contribution in [0.25, 0.3) is 0 Å². The fourth-order valence-corrected chi connectivity index (χ4v) is 4.64. The first kappa shape index (κ1) is 17.2. The molecule has 1 fully saturated rings. The van der Waals surface area contributed by atoms with E-state index >= 15 is 0 Å². The Hall–Kier alpha value is -0.813. The van der Waals surface area contributed by atoms with Gasteiger partial charge in [0.15, 0.2) is 0 Å². The van der Waals surface area contributed by atoms with Gasteiger partial charge in [0.05, 0.1) is 26.2 Å². The highest BCUT2D eigenvalue weighted by atomic mass is 28.3. The predicted octanol–water partition coefficient (Wildman–Crippen LogP) is 3.13. The Morgan fingerprint density at radius 2 is 2.10 bits per heavy atom. The first-order valence-corrected chi connectivity index (χ1v) is 10.5. The van der Waals surface area contributed by atoms with Crippen molar-refractivity contribution in [3.63, 3.8) is 0 Å². The molecule has 0 saturated carbocycles. The summed E-state index contributed by atoms with van der Waals surface area (Å²) in [5.41, 5.74) is 0.322. The van der Waals surface area contributed by atoms with E-state index in [0.29, 0.717) is 18.6 Å². The summed E-state index contributed by atoms with van der Waals surface area (Å²) in [5.74, 6) is -0.281. The Morgan fingerprint density at radius 1 is 1.40 bits per heavy atom. The highest BCUT2D eigenvalue weighted by Gasteiger charge is 2.37. The van der Waals surface area contributed by atoms with E-state index in [0.717, 1.165) is 25.9 Å². The lowest BCUT2D eigenvalue weighted by Gasteiger charge is -2.40.